The van der Waals surface area contributed by atoms with Gasteiger partial charge in [-0.2, -0.15) is 0 Å². The Bertz CT molecular complexity index is 781. The van der Waals surface area contributed by atoms with Crippen LogP contribution >= 0.6 is 0 Å². The van der Waals surface area contributed by atoms with E-state index in [1.165, 1.54) is 12.7 Å². The third-order valence-corrected chi connectivity index (χ3v) is 4.66. The van der Waals surface area contributed by atoms with Crippen LogP contribution in [-0.4, -0.2) is 36.1 Å². The molecular formula is C19H25N3O3. The van der Waals surface area contributed by atoms with E-state index in [0.717, 1.165) is 16.6 Å². The van der Waals surface area contributed by atoms with Crippen molar-refractivity contribution in [1.82, 2.24) is 15.6 Å². The number of hydrogen-bond donors (Lipinski definition) is 3. The third-order valence-electron chi connectivity index (χ3n) is 4.66. The Kier molecular flexibility index (Phi) is 5.08. The van der Waals surface area contributed by atoms with Crippen molar-refractivity contribution in [2.75, 3.05) is 7.11 Å². The number of esters is 1. The van der Waals surface area contributed by atoms with Crippen LogP contribution in [-0.2, 0) is 27.3 Å². The number of aromatic nitrogens is 1. The first kappa shape index (κ1) is 17.5. The van der Waals surface area contributed by atoms with Crippen molar-refractivity contribution < 1.29 is 14.3 Å². The lowest BCUT2D eigenvalue weighted by Gasteiger charge is -2.26. The van der Waals surface area contributed by atoms with E-state index in [9.17, 15) is 9.59 Å². The fourth-order valence-corrected chi connectivity index (χ4v) is 3.43. The Hall–Kier alpha value is -2.34. The molecule has 2 aromatic rings. The molecule has 0 aliphatic carbocycles. The number of hydrogen-bond acceptors (Lipinski definition) is 4. The molecule has 25 heavy (non-hydrogen) atoms. The fraction of sp³-hybridized carbons (Fsp3) is 0.474. The molecule has 0 spiro atoms. The van der Waals surface area contributed by atoms with E-state index < -0.39 is 12.0 Å². The fourth-order valence-electron chi connectivity index (χ4n) is 3.43. The van der Waals surface area contributed by atoms with Gasteiger partial charge in [-0.25, -0.2) is 4.79 Å². The molecule has 6 nitrogen and oxygen atoms in total. The average molecular weight is 343 g/mol. The van der Waals surface area contributed by atoms with Gasteiger partial charge in [0.15, 0.2) is 0 Å². The number of aromatic amines is 1. The van der Waals surface area contributed by atoms with E-state index in [4.69, 9.17) is 4.74 Å². The highest BCUT2D eigenvalue weighted by Gasteiger charge is 2.30. The van der Waals surface area contributed by atoms with Crippen LogP contribution in [0.4, 0.5) is 0 Å². The van der Waals surface area contributed by atoms with Crippen molar-refractivity contribution in [2.45, 2.75) is 45.3 Å². The van der Waals surface area contributed by atoms with Crippen LogP contribution in [0.1, 0.15) is 31.5 Å². The van der Waals surface area contributed by atoms with Gasteiger partial charge in [0, 0.05) is 23.1 Å². The molecule has 2 atom stereocenters. The first-order valence-corrected chi connectivity index (χ1v) is 8.69. The second-order valence-electron chi connectivity index (χ2n) is 6.98. The molecule has 6 heteroatoms. The number of fused-ring (bicyclic) bond motifs is 3. The molecule has 1 aliphatic heterocycles. The van der Waals surface area contributed by atoms with Gasteiger partial charge in [0.1, 0.15) is 6.04 Å². The Morgan fingerprint density at radius 2 is 2.08 bits per heavy atom. The third kappa shape index (κ3) is 3.69. The predicted molar refractivity (Wildman–Crippen MR) is 96.0 cm³/mol. The van der Waals surface area contributed by atoms with Gasteiger partial charge in [0.25, 0.3) is 0 Å². The number of benzene rings is 1. The molecule has 0 saturated carbocycles. The molecular weight excluding hydrogens is 318 g/mol. The lowest BCUT2D eigenvalue weighted by Crippen LogP contribution is -2.52. The van der Waals surface area contributed by atoms with Gasteiger partial charge in [-0.05, 0) is 30.4 Å². The van der Waals surface area contributed by atoms with Crippen molar-refractivity contribution in [3.63, 3.8) is 0 Å². The Morgan fingerprint density at radius 1 is 1.32 bits per heavy atom. The predicted octanol–water partition coefficient (Wildman–Crippen LogP) is 1.89. The maximum Gasteiger partial charge on any atom is 0.328 e. The summed E-state index contributed by atoms with van der Waals surface area (Å²) in [7, 11) is 1.35. The Labute approximate surface area is 147 Å². The van der Waals surface area contributed by atoms with E-state index in [1.54, 1.807) is 0 Å². The topological polar surface area (TPSA) is 83.2 Å². The van der Waals surface area contributed by atoms with Gasteiger partial charge in [-0.3, -0.25) is 10.1 Å². The zero-order valence-electron chi connectivity index (χ0n) is 14.9. The summed E-state index contributed by atoms with van der Waals surface area (Å²) in [6.45, 7) is 4.63. The summed E-state index contributed by atoms with van der Waals surface area (Å²) < 4.78 is 4.82. The van der Waals surface area contributed by atoms with E-state index in [-0.39, 0.29) is 17.9 Å². The number of para-hydroxylation sites is 1. The smallest absolute Gasteiger partial charge is 0.328 e. The van der Waals surface area contributed by atoms with Crippen molar-refractivity contribution >= 4 is 22.8 Å². The van der Waals surface area contributed by atoms with Crippen LogP contribution in [0.15, 0.2) is 24.3 Å². The normalized spacial score (nSPS) is 18.0. The van der Waals surface area contributed by atoms with Crippen molar-refractivity contribution in [1.29, 1.82) is 0 Å². The lowest BCUT2D eigenvalue weighted by molar-refractivity contribution is -0.145. The number of carbonyl (C=O) groups is 2. The standard InChI is InChI=1S/C19H25N3O3/c1-11(2)8-16(19(24)25-3)22-18(23)15-9-13-12-6-4-5-7-14(12)21-17(13)10-20-15/h4-7,11,15-16,20-21H,8-10H2,1-3H3,(H,22,23)/t15?,16-/m0/s1. The summed E-state index contributed by atoms with van der Waals surface area (Å²) in [6, 6.07) is 7.15. The maximum atomic E-state index is 12.7. The van der Waals surface area contributed by atoms with Crippen molar-refractivity contribution in [3.05, 3.63) is 35.5 Å². The molecule has 1 aromatic carbocycles. The number of nitrogens with one attached hydrogen (secondary N) is 3. The first-order chi connectivity index (χ1) is 12.0. The highest BCUT2D eigenvalue weighted by Crippen LogP contribution is 2.26. The van der Waals surface area contributed by atoms with Crippen LogP contribution in [0.25, 0.3) is 10.9 Å². The minimum Gasteiger partial charge on any atom is -0.467 e. The summed E-state index contributed by atoms with van der Waals surface area (Å²) >= 11 is 0. The highest BCUT2D eigenvalue weighted by atomic mass is 16.5. The lowest BCUT2D eigenvalue weighted by atomic mass is 9.97. The average Bonchev–Trinajstić information content (AvgIpc) is 2.97. The summed E-state index contributed by atoms with van der Waals surface area (Å²) in [5.41, 5.74) is 3.38. The molecule has 0 bridgehead atoms. The zero-order valence-corrected chi connectivity index (χ0v) is 14.9. The first-order valence-electron chi connectivity index (χ1n) is 8.69. The molecule has 3 N–H and O–H groups in total. The minimum atomic E-state index is -0.608. The number of carbonyl (C=O) groups excluding carboxylic acids is 2. The number of ether oxygens (including phenoxy) is 1. The maximum absolute atomic E-state index is 12.7. The van der Waals surface area contributed by atoms with E-state index in [2.05, 4.69) is 21.7 Å². The SMILES string of the molecule is COC(=O)[C@H](CC(C)C)NC(=O)C1Cc2c([nH]c3ccccc23)CN1. The van der Waals surface area contributed by atoms with Crippen molar-refractivity contribution in [2.24, 2.45) is 5.92 Å². The van der Waals surface area contributed by atoms with Crippen LogP contribution in [0.2, 0.25) is 0 Å². The van der Waals surface area contributed by atoms with Crippen molar-refractivity contribution in [3.8, 4) is 0 Å². The monoisotopic (exact) mass is 343 g/mol. The number of amides is 1. The highest BCUT2D eigenvalue weighted by molar-refractivity contribution is 5.90. The molecule has 1 amide bonds. The summed E-state index contributed by atoms with van der Waals surface area (Å²) in [5.74, 6) is -0.276. The second kappa shape index (κ2) is 7.27. The molecule has 1 aliphatic rings. The van der Waals surface area contributed by atoms with Crippen LogP contribution < -0.4 is 10.6 Å². The van der Waals surface area contributed by atoms with E-state index in [1.807, 2.05) is 32.0 Å². The van der Waals surface area contributed by atoms with Gasteiger partial charge < -0.3 is 15.0 Å². The molecule has 1 aromatic heterocycles. The molecule has 1 unspecified atom stereocenters. The van der Waals surface area contributed by atoms with Crippen LogP contribution in [0.5, 0.6) is 0 Å². The molecule has 0 fully saturated rings. The number of H-pyrrole nitrogens is 1. The van der Waals surface area contributed by atoms with Gasteiger partial charge >= 0.3 is 5.97 Å². The second-order valence-corrected chi connectivity index (χ2v) is 6.98. The Balaban J connectivity index is 1.74. The van der Waals surface area contributed by atoms with Gasteiger partial charge in [-0.1, -0.05) is 32.0 Å². The molecule has 3 rings (SSSR count). The van der Waals surface area contributed by atoms with Gasteiger partial charge in [0.05, 0.1) is 13.2 Å². The zero-order chi connectivity index (χ0) is 18.0. The molecule has 2 heterocycles. The molecule has 0 radical (unpaired) electrons. The van der Waals surface area contributed by atoms with Gasteiger partial charge in [0.2, 0.25) is 5.91 Å². The van der Waals surface area contributed by atoms with Crippen LogP contribution in [0, 0.1) is 5.92 Å². The quantitative estimate of drug-likeness (QED) is 0.724. The Morgan fingerprint density at radius 3 is 2.80 bits per heavy atom. The van der Waals surface area contributed by atoms with E-state index in [0.29, 0.717) is 19.4 Å². The summed E-state index contributed by atoms with van der Waals surface area (Å²) in [5, 5.41) is 7.27. The largest absolute Gasteiger partial charge is 0.467 e. The van der Waals surface area contributed by atoms with Crippen LogP contribution in [0.3, 0.4) is 0 Å². The number of rotatable bonds is 5. The van der Waals surface area contributed by atoms with E-state index >= 15 is 0 Å². The number of methoxy groups -OCH3 is 1. The summed E-state index contributed by atoms with van der Waals surface area (Å²) in [4.78, 5) is 28.0. The molecule has 134 valence electrons. The summed E-state index contributed by atoms with van der Waals surface area (Å²) in [6.07, 6.45) is 1.16. The molecule has 0 saturated heterocycles. The minimum absolute atomic E-state index is 0.160. The van der Waals surface area contributed by atoms with Gasteiger partial charge in [-0.15, -0.1) is 0 Å².